The molecule has 2 heteroatoms. The Labute approximate surface area is 133 Å². The number of carbonyl (C=O) groups excluding carboxylic acids is 1. The number of hydrogen-bond acceptors (Lipinski definition) is 2. The van der Waals surface area contributed by atoms with Gasteiger partial charge >= 0.3 is 5.97 Å². The van der Waals surface area contributed by atoms with Crippen LogP contribution in [0.25, 0.3) is 32.3 Å². The monoisotopic (exact) mass is 298 g/mol. The van der Waals surface area contributed by atoms with Gasteiger partial charge in [0.1, 0.15) is 5.75 Å². The molecule has 0 spiro atoms. The Bertz CT molecular complexity index is 1080. The topological polar surface area (TPSA) is 26.3 Å². The van der Waals surface area contributed by atoms with Crippen LogP contribution in [0.3, 0.4) is 0 Å². The Balaban J connectivity index is 2.00. The minimum absolute atomic E-state index is 0.449. The number of carbonyl (C=O) groups is 1. The van der Waals surface area contributed by atoms with E-state index in [1.807, 2.05) is 24.3 Å². The minimum atomic E-state index is -0.449. The lowest BCUT2D eigenvalue weighted by molar-refractivity contribution is -0.128. The lowest BCUT2D eigenvalue weighted by Gasteiger charge is -2.08. The molecule has 4 aromatic carbocycles. The van der Waals surface area contributed by atoms with Crippen LogP contribution in [0.2, 0.25) is 0 Å². The molecule has 2 nitrogen and oxygen atoms in total. The first-order valence-electron chi connectivity index (χ1n) is 7.44. The Morgan fingerprint density at radius 2 is 1.43 bits per heavy atom. The Morgan fingerprint density at radius 3 is 2.22 bits per heavy atom. The second-order valence-corrected chi connectivity index (χ2v) is 5.49. The first kappa shape index (κ1) is 13.5. The summed E-state index contributed by atoms with van der Waals surface area (Å²) in [6.45, 7) is 3.43. The van der Waals surface area contributed by atoms with Crippen molar-refractivity contribution in [3.63, 3.8) is 0 Å². The SMILES string of the molecule is C=CC(=O)Oc1ccc2ccc3cc4ccccc4cc3c2c1. The van der Waals surface area contributed by atoms with Gasteiger partial charge < -0.3 is 4.74 Å². The van der Waals surface area contributed by atoms with E-state index in [2.05, 4.69) is 43.0 Å². The molecule has 0 atom stereocenters. The molecule has 0 aliphatic rings. The van der Waals surface area contributed by atoms with Gasteiger partial charge in [-0.2, -0.15) is 0 Å². The molecular weight excluding hydrogens is 284 g/mol. The zero-order valence-electron chi connectivity index (χ0n) is 12.5. The van der Waals surface area contributed by atoms with Gasteiger partial charge in [-0.05, 0) is 56.6 Å². The highest BCUT2D eigenvalue weighted by Gasteiger charge is 2.06. The van der Waals surface area contributed by atoms with Gasteiger partial charge in [0.15, 0.2) is 0 Å². The van der Waals surface area contributed by atoms with E-state index in [1.54, 1.807) is 6.07 Å². The van der Waals surface area contributed by atoms with E-state index < -0.39 is 5.97 Å². The third kappa shape index (κ3) is 2.34. The standard InChI is InChI=1S/C21H14O2/c1-2-21(22)23-18-10-9-14-7-8-17-11-15-5-3-4-6-16(15)12-19(17)20(14)13-18/h2-13H,1H2. The van der Waals surface area contributed by atoms with Crippen molar-refractivity contribution >= 4 is 38.3 Å². The van der Waals surface area contributed by atoms with Crippen LogP contribution in [0.4, 0.5) is 0 Å². The average molecular weight is 298 g/mol. The molecule has 0 saturated heterocycles. The summed E-state index contributed by atoms with van der Waals surface area (Å²) >= 11 is 0. The average Bonchev–Trinajstić information content (AvgIpc) is 2.60. The van der Waals surface area contributed by atoms with Gasteiger partial charge in [0.25, 0.3) is 0 Å². The highest BCUT2D eigenvalue weighted by molar-refractivity contribution is 6.12. The molecule has 0 aromatic heterocycles. The van der Waals surface area contributed by atoms with E-state index in [0.717, 1.165) is 16.2 Å². The summed E-state index contributed by atoms with van der Waals surface area (Å²) in [7, 11) is 0. The van der Waals surface area contributed by atoms with Crippen LogP contribution in [0.1, 0.15) is 0 Å². The molecule has 110 valence electrons. The molecule has 23 heavy (non-hydrogen) atoms. The molecule has 0 fully saturated rings. The molecule has 4 aromatic rings. The lowest BCUT2D eigenvalue weighted by atomic mass is 9.98. The Hall–Kier alpha value is -3.13. The van der Waals surface area contributed by atoms with Crippen molar-refractivity contribution < 1.29 is 9.53 Å². The van der Waals surface area contributed by atoms with Crippen molar-refractivity contribution in [2.75, 3.05) is 0 Å². The summed E-state index contributed by atoms with van der Waals surface area (Å²) in [6.07, 6.45) is 1.17. The molecule has 0 bridgehead atoms. The molecule has 0 N–H and O–H groups in total. The van der Waals surface area contributed by atoms with Gasteiger partial charge in [-0.25, -0.2) is 4.79 Å². The molecular formula is C21H14O2. The molecule has 0 amide bonds. The fourth-order valence-electron chi connectivity index (χ4n) is 2.94. The van der Waals surface area contributed by atoms with Crippen molar-refractivity contribution in [3.8, 4) is 5.75 Å². The van der Waals surface area contributed by atoms with Gasteiger partial charge in [0.05, 0.1) is 0 Å². The van der Waals surface area contributed by atoms with Crippen molar-refractivity contribution in [3.05, 3.63) is 79.4 Å². The quantitative estimate of drug-likeness (QED) is 0.166. The number of esters is 1. The van der Waals surface area contributed by atoms with Crippen LogP contribution in [-0.2, 0) is 4.79 Å². The highest BCUT2D eigenvalue weighted by atomic mass is 16.5. The van der Waals surface area contributed by atoms with E-state index >= 15 is 0 Å². The van der Waals surface area contributed by atoms with E-state index in [4.69, 9.17) is 4.74 Å². The number of hydrogen-bond donors (Lipinski definition) is 0. The Morgan fingerprint density at radius 1 is 0.783 bits per heavy atom. The van der Waals surface area contributed by atoms with E-state index in [-0.39, 0.29) is 0 Å². The van der Waals surface area contributed by atoms with Gasteiger partial charge in [0.2, 0.25) is 0 Å². The maximum Gasteiger partial charge on any atom is 0.335 e. The van der Waals surface area contributed by atoms with E-state index in [0.29, 0.717) is 5.75 Å². The first-order valence-corrected chi connectivity index (χ1v) is 7.44. The Kier molecular flexibility index (Phi) is 3.09. The summed E-state index contributed by atoms with van der Waals surface area (Å²) in [6, 6.07) is 22.6. The predicted octanol–water partition coefficient (Wildman–Crippen LogP) is 5.24. The smallest absolute Gasteiger partial charge is 0.335 e. The van der Waals surface area contributed by atoms with Crippen molar-refractivity contribution in [1.82, 2.24) is 0 Å². The second-order valence-electron chi connectivity index (χ2n) is 5.49. The summed E-state index contributed by atoms with van der Waals surface area (Å²) in [5, 5.41) is 6.92. The summed E-state index contributed by atoms with van der Waals surface area (Å²) in [4.78, 5) is 11.4. The van der Waals surface area contributed by atoms with Crippen LogP contribution in [0.5, 0.6) is 5.75 Å². The maximum atomic E-state index is 11.4. The predicted molar refractivity (Wildman–Crippen MR) is 94.8 cm³/mol. The van der Waals surface area contributed by atoms with E-state index in [1.165, 1.54) is 22.2 Å². The number of benzene rings is 4. The normalized spacial score (nSPS) is 11.0. The molecule has 0 aliphatic carbocycles. The third-order valence-electron chi connectivity index (χ3n) is 4.06. The summed E-state index contributed by atoms with van der Waals surface area (Å²) < 4.78 is 5.25. The number of rotatable bonds is 2. The largest absolute Gasteiger partial charge is 0.423 e. The van der Waals surface area contributed by atoms with Crippen molar-refractivity contribution in [2.24, 2.45) is 0 Å². The van der Waals surface area contributed by atoms with Gasteiger partial charge in [0, 0.05) is 6.08 Å². The van der Waals surface area contributed by atoms with Crippen LogP contribution in [0.15, 0.2) is 79.4 Å². The number of ether oxygens (including phenoxy) is 1. The first-order chi connectivity index (χ1) is 11.2. The lowest BCUT2D eigenvalue weighted by Crippen LogP contribution is -2.02. The minimum Gasteiger partial charge on any atom is -0.423 e. The summed E-state index contributed by atoms with van der Waals surface area (Å²) in [5.74, 6) is 0.0816. The third-order valence-corrected chi connectivity index (χ3v) is 4.06. The van der Waals surface area contributed by atoms with Gasteiger partial charge in [-0.15, -0.1) is 0 Å². The second kappa shape index (κ2) is 5.25. The van der Waals surface area contributed by atoms with Crippen molar-refractivity contribution in [1.29, 1.82) is 0 Å². The maximum absolute atomic E-state index is 11.4. The fourth-order valence-corrected chi connectivity index (χ4v) is 2.94. The molecule has 0 unspecified atom stereocenters. The molecule has 0 heterocycles. The van der Waals surface area contributed by atoms with E-state index in [9.17, 15) is 4.79 Å². The van der Waals surface area contributed by atoms with Gasteiger partial charge in [-0.1, -0.05) is 49.0 Å². The zero-order valence-corrected chi connectivity index (χ0v) is 12.5. The summed E-state index contributed by atoms with van der Waals surface area (Å²) in [5.41, 5.74) is 0. The molecule has 4 rings (SSSR count). The highest BCUT2D eigenvalue weighted by Crippen LogP contribution is 2.31. The molecule has 0 saturated carbocycles. The molecule has 0 aliphatic heterocycles. The van der Waals surface area contributed by atoms with Crippen LogP contribution >= 0.6 is 0 Å². The van der Waals surface area contributed by atoms with Crippen LogP contribution in [-0.4, -0.2) is 5.97 Å². The fraction of sp³-hybridized carbons (Fsp3) is 0. The van der Waals surface area contributed by atoms with Crippen molar-refractivity contribution in [2.45, 2.75) is 0 Å². The van der Waals surface area contributed by atoms with Gasteiger partial charge in [-0.3, -0.25) is 0 Å². The van der Waals surface area contributed by atoms with Crippen LogP contribution in [0, 0.1) is 0 Å². The number of fused-ring (bicyclic) bond motifs is 4. The zero-order chi connectivity index (χ0) is 15.8. The van der Waals surface area contributed by atoms with Crippen LogP contribution < -0.4 is 4.74 Å². The molecule has 0 radical (unpaired) electrons.